The Morgan fingerprint density at radius 3 is 2.77 bits per heavy atom. The molecule has 1 N–H and O–H groups in total. The van der Waals surface area contributed by atoms with Crippen LogP contribution in [0.5, 0.6) is 0 Å². The zero-order chi connectivity index (χ0) is 15.4. The number of hydrogen-bond acceptors (Lipinski definition) is 6. The van der Waals surface area contributed by atoms with Crippen molar-refractivity contribution in [3.63, 3.8) is 0 Å². The minimum Gasteiger partial charge on any atom is -0.307 e. The fourth-order valence-corrected chi connectivity index (χ4v) is 2.36. The van der Waals surface area contributed by atoms with E-state index in [1.165, 1.54) is 17.4 Å². The highest BCUT2D eigenvalue weighted by Crippen LogP contribution is 2.24. The van der Waals surface area contributed by atoms with E-state index >= 15 is 0 Å². The van der Waals surface area contributed by atoms with Crippen LogP contribution in [0.15, 0.2) is 54.7 Å². The second-order valence-electron chi connectivity index (χ2n) is 4.21. The van der Waals surface area contributed by atoms with Crippen molar-refractivity contribution in [1.29, 1.82) is 0 Å². The normalized spacial score (nSPS) is 10.2. The topological polar surface area (TPSA) is 80.7 Å². The van der Waals surface area contributed by atoms with Crippen molar-refractivity contribution in [2.75, 3.05) is 5.32 Å². The molecule has 3 aromatic heterocycles. The van der Waals surface area contributed by atoms with E-state index in [2.05, 4.69) is 31.8 Å². The highest BCUT2D eigenvalue weighted by atomic mass is 32.1. The Morgan fingerprint density at radius 1 is 1.18 bits per heavy atom. The summed E-state index contributed by atoms with van der Waals surface area (Å²) in [7, 11) is 0. The number of pyridine rings is 1. The van der Waals surface area contributed by atoms with Gasteiger partial charge in [-0.1, -0.05) is 12.6 Å². The summed E-state index contributed by atoms with van der Waals surface area (Å²) in [6.07, 6.45) is 4.55. The van der Waals surface area contributed by atoms with E-state index in [0.29, 0.717) is 23.0 Å². The number of anilines is 1. The number of hydrogen-bond donors (Lipinski definition) is 1. The van der Waals surface area contributed by atoms with Crippen LogP contribution < -0.4 is 5.32 Å². The number of nitrogens with zero attached hydrogens (tertiary/aromatic N) is 4. The van der Waals surface area contributed by atoms with Crippen LogP contribution in [0.2, 0.25) is 0 Å². The monoisotopic (exact) mass is 309 g/mol. The molecule has 1 amide bonds. The van der Waals surface area contributed by atoms with Gasteiger partial charge in [-0.15, -0.1) is 11.3 Å². The molecule has 0 aliphatic heterocycles. The average molecular weight is 309 g/mol. The molecular weight excluding hydrogens is 298 g/mol. The number of carbonyl (C=O) groups is 1. The zero-order valence-electron chi connectivity index (χ0n) is 11.4. The van der Waals surface area contributed by atoms with E-state index in [1.54, 1.807) is 24.5 Å². The fourth-order valence-electron chi connectivity index (χ4n) is 1.76. The van der Waals surface area contributed by atoms with Crippen LogP contribution in [-0.4, -0.2) is 25.8 Å². The first-order valence-electron chi connectivity index (χ1n) is 6.40. The second-order valence-corrected chi connectivity index (χ2v) is 5.10. The first-order valence-corrected chi connectivity index (χ1v) is 7.28. The quantitative estimate of drug-likeness (QED) is 0.750. The average Bonchev–Trinajstić information content (AvgIpc) is 3.10. The molecule has 0 saturated carbocycles. The molecule has 7 heteroatoms. The number of rotatable bonds is 4. The molecule has 108 valence electrons. The fraction of sp³-hybridized carbons (Fsp3) is 0. The molecule has 6 nitrogen and oxygen atoms in total. The molecule has 3 rings (SSSR count). The summed E-state index contributed by atoms with van der Waals surface area (Å²) < 4.78 is 0. The standard InChI is InChI=1S/C15H11N5OS/c1-2-13(21)19-12-9-11(15-17-7-8-22-15)18-14(20-12)10-5-3-4-6-16-10/h2-9H,1H2,(H,18,19,20,21). The van der Waals surface area contributed by atoms with Crippen LogP contribution in [0.1, 0.15) is 0 Å². The number of amides is 1. The van der Waals surface area contributed by atoms with Gasteiger partial charge in [-0.2, -0.15) is 0 Å². The molecule has 0 atom stereocenters. The molecule has 0 aromatic carbocycles. The van der Waals surface area contributed by atoms with Crippen molar-refractivity contribution in [1.82, 2.24) is 19.9 Å². The van der Waals surface area contributed by atoms with Gasteiger partial charge >= 0.3 is 0 Å². The number of aromatic nitrogens is 4. The van der Waals surface area contributed by atoms with E-state index in [1.807, 2.05) is 17.5 Å². The Morgan fingerprint density at radius 2 is 2.09 bits per heavy atom. The van der Waals surface area contributed by atoms with Gasteiger partial charge < -0.3 is 5.32 Å². The predicted octanol–water partition coefficient (Wildman–Crippen LogP) is 2.79. The van der Waals surface area contributed by atoms with Crippen LogP contribution in [0.3, 0.4) is 0 Å². The van der Waals surface area contributed by atoms with Crippen LogP contribution in [0.25, 0.3) is 22.2 Å². The van der Waals surface area contributed by atoms with E-state index in [0.717, 1.165) is 5.01 Å². The molecular formula is C15H11N5OS. The Kier molecular flexibility index (Phi) is 3.97. The van der Waals surface area contributed by atoms with Crippen LogP contribution in [-0.2, 0) is 4.79 Å². The first kappa shape index (κ1) is 14.0. The predicted molar refractivity (Wildman–Crippen MR) is 85.2 cm³/mol. The molecule has 3 heterocycles. The van der Waals surface area contributed by atoms with Crippen molar-refractivity contribution in [2.24, 2.45) is 0 Å². The highest BCUT2D eigenvalue weighted by Gasteiger charge is 2.11. The summed E-state index contributed by atoms with van der Waals surface area (Å²) in [5.74, 6) is 0.467. The third-order valence-corrected chi connectivity index (χ3v) is 3.50. The molecule has 0 saturated heterocycles. The lowest BCUT2D eigenvalue weighted by atomic mass is 10.3. The van der Waals surface area contributed by atoms with Gasteiger partial charge in [0.1, 0.15) is 22.2 Å². The summed E-state index contributed by atoms with van der Waals surface area (Å²) >= 11 is 1.46. The smallest absolute Gasteiger partial charge is 0.248 e. The summed E-state index contributed by atoms with van der Waals surface area (Å²) in [4.78, 5) is 28.8. The van der Waals surface area contributed by atoms with Gasteiger partial charge in [0.2, 0.25) is 5.91 Å². The van der Waals surface area contributed by atoms with Gasteiger partial charge in [-0.3, -0.25) is 9.78 Å². The SMILES string of the molecule is C=CC(=O)Nc1cc(-c2nccs2)nc(-c2ccccn2)n1. The van der Waals surface area contributed by atoms with E-state index in [4.69, 9.17) is 0 Å². The van der Waals surface area contributed by atoms with Gasteiger partial charge in [-0.05, 0) is 18.2 Å². The third-order valence-electron chi connectivity index (χ3n) is 2.71. The summed E-state index contributed by atoms with van der Waals surface area (Å²) in [5, 5.41) is 5.25. The molecule has 0 unspecified atom stereocenters. The maximum atomic E-state index is 11.5. The Bertz CT molecular complexity index is 802. The summed E-state index contributed by atoms with van der Waals surface area (Å²) in [6.45, 7) is 3.43. The lowest BCUT2D eigenvalue weighted by Gasteiger charge is -2.06. The van der Waals surface area contributed by atoms with Gasteiger partial charge in [0.15, 0.2) is 5.82 Å². The maximum Gasteiger partial charge on any atom is 0.248 e. The molecule has 0 aliphatic rings. The van der Waals surface area contributed by atoms with Crippen molar-refractivity contribution in [3.05, 3.63) is 54.7 Å². The van der Waals surface area contributed by atoms with Crippen LogP contribution in [0, 0.1) is 0 Å². The Balaban J connectivity index is 2.09. The van der Waals surface area contributed by atoms with Crippen molar-refractivity contribution >= 4 is 23.1 Å². The molecule has 0 aliphatic carbocycles. The van der Waals surface area contributed by atoms with Gasteiger partial charge in [-0.25, -0.2) is 15.0 Å². The lowest BCUT2D eigenvalue weighted by Crippen LogP contribution is -2.10. The van der Waals surface area contributed by atoms with E-state index in [-0.39, 0.29) is 5.91 Å². The van der Waals surface area contributed by atoms with Crippen LogP contribution in [0.4, 0.5) is 5.82 Å². The van der Waals surface area contributed by atoms with Gasteiger partial charge in [0.05, 0.1) is 0 Å². The van der Waals surface area contributed by atoms with Crippen molar-refractivity contribution in [2.45, 2.75) is 0 Å². The second kappa shape index (κ2) is 6.23. The van der Waals surface area contributed by atoms with Crippen molar-refractivity contribution < 1.29 is 4.79 Å². The highest BCUT2D eigenvalue weighted by molar-refractivity contribution is 7.13. The molecule has 0 fully saturated rings. The van der Waals surface area contributed by atoms with E-state index < -0.39 is 0 Å². The Labute approximate surface area is 130 Å². The number of nitrogens with one attached hydrogen (secondary N) is 1. The van der Waals surface area contributed by atoms with E-state index in [9.17, 15) is 4.79 Å². The summed E-state index contributed by atoms with van der Waals surface area (Å²) in [5.41, 5.74) is 1.25. The first-order chi connectivity index (χ1) is 10.8. The van der Waals surface area contributed by atoms with Crippen LogP contribution >= 0.6 is 11.3 Å². The Hall–Kier alpha value is -2.93. The molecule has 0 spiro atoms. The summed E-state index contributed by atoms with van der Waals surface area (Å²) in [6, 6.07) is 7.14. The third kappa shape index (κ3) is 3.04. The molecule has 22 heavy (non-hydrogen) atoms. The largest absolute Gasteiger partial charge is 0.307 e. The zero-order valence-corrected chi connectivity index (χ0v) is 12.2. The van der Waals surface area contributed by atoms with Gasteiger partial charge in [0, 0.05) is 23.8 Å². The van der Waals surface area contributed by atoms with Crippen molar-refractivity contribution in [3.8, 4) is 22.2 Å². The minimum absolute atomic E-state index is 0.337. The molecule has 0 bridgehead atoms. The number of carbonyl (C=O) groups excluding carboxylic acids is 1. The number of thiazole rings is 1. The molecule has 3 aromatic rings. The lowest BCUT2D eigenvalue weighted by molar-refractivity contribution is -0.111. The van der Waals surface area contributed by atoms with Gasteiger partial charge in [0.25, 0.3) is 0 Å². The molecule has 0 radical (unpaired) electrons. The maximum absolute atomic E-state index is 11.5. The minimum atomic E-state index is -0.337.